The maximum atomic E-state index is 12.7. The van der Waals surface area contributed by atoms with Crippen LogP contribution in [-0.4, -0.2) is 50.9 Å². The minimum Gasteiger partial charge on any atom is -0.361 e. The highest BCUT2D eigenvalue weighted by molar-refractivity contribution is 5.93. The molecule has 150 valence electrons. The molecule has 1 aromatic carbocycles. The van der Waals surface area contributed by atoms with Gasteiger partial charge < -0.3 is 20.1 Å². The van der Waals surface area contributed by atoms with Gasteiger partial charge in [-0.2, -0.15) is 5.10 Å². The average Bonchev–Trinajstić information content (AvgIpc) is 3.41. The van der Waals surface area contributed by atoms with Crippen LogP contribution in [0.1, 0.15) is 29.1 Å². The van der Waals surface area contributed by atoms with E-state index in [9.17, 15) is 9.59 Å². The summed E-state index contributed by atoms with van der Waals surface area (Å²) in [6, 6.07) is 10.8. The van der Waals surface area contributed by atoms with Gasteiger partial charge in [0.1, 0.15) is 5.76 Å². The Bertz CT molecular complexity index is 989. The standard InChI is InChI=1S/C20H22N6O3/c1-14-13-17(24-29-14)19(27)22-15-7-11-25(12-8-15)20(28)23-16-5-2-3-6-18(16)26-10-4-9-21-26/h2-6,9-10,13,15H,7-8,11-12H2,1H3,(H,22,27)(H,23,28). The molecule has 1 saturated heterocycles. The number of carbonyl (C=O) groups excluding carboxylic acids is 2. The fraction of sp³-hybridized carbons (Fsp3) is 0.300. The van der Waals surface area contributed by atoms with Gasteiger partial charge in [-0.1, -0.05) is 17.3 Å². The van der Waals surface area contributed by atoms with Crippen molar-refractivity contribution >= 4 is 17.6 Å². The second kappa shape index (κ2) is 8.17. The number of urea groups is 1. The average molecular weight is 394 g/mol. The van der Waals surface area contributed by atoms with Crippen molar-refractivity contribution < 1.29 is 14.1 Å². The summed E-state index contributed by atoms with van der Waals surface area (Å²) in [5.41, 5.74) is 1.77. The van der Waals surface area contributed by atoms with Gasteiger partial charge in [-0.15, -0.1) is 0 Å². The zero-order valence-corrected chi connectivity index (χ0v) is 16.0. The summed E-state index contributed by atoms with van der Waals surface area (Å²) in [6.45, 7) is 2.85. The molecule has 0 aliphatic carbocycles. The third-order valence-electron chi connectivity index (χ3n) is 4.87. The number of rotatable bonds is 4. The lowest BCUT2D eigenvalue weighted by Gasteiger charge is -2.32. The number of amides is 3. The molecule has 1 aliphatic rings. The lowest BCUT2D eigenvalue weighted by Crippen LogP contribution is -2.47. The van der Waals surface area contributed by atoms with Gasteiger partial charge in [0.2, 0.25) is 0 Å². The van der Waals surface area contributed by atoms with Gasteiger partial charge in [-0.3, -0.25) is 4.79 Å². The van der Waals surface area contributed by atoms with E-state index in [2.05, 4.69) is 20.9 Å². The summed E-state index contributed by atoms with van der Waals surface area (Å²) < 4.78 is 6.65. The molecule has 0 spiro atoms. The smallest absolute Gasteiger partial charge is 0.321 e. The van der Waals surface area contributed by atoms with Gasteiger partial charge in [-0.05, 0) is 38.0 Å². The number of nitrogens with zero attached hydrogens (tertiary/aromatic N) is 4. The van der Waals surface area contributed by atoms with Crippen LogP contribution in [0.15, 0.2) is 53.3 Å². The van der Waals surface area contributed by atoms with Crippen molar-refractivity contribution in [3.8, 4) is 5.69 Å². The zero-order valence-electron chi connectivity index (χ0n) is 16.0. The fourth-order valence-corrected chi connectivity index (χ4v) is 3.34. The van der Waals surface area contributed by atoms with Crippen molar-refractivity contribution in [3.63, 3.8) is 0 Å². The number of hydrogen-bond acceptors (Lipinski definition) is 5. The maximum absolute atomic E-state index is 12.7. The van der Waals surface area contributed by atoms with E-state index >= 15 is 0 Å². The lowest BCUT2D eigenvalue weighted by atomic mass is 10.1. The monoisotopic (exact) mass is 394 g/mol. The van der Waals surface area contributed by atoms with Gasteiger partial charge in [0.25, 0.3) is 5.91 Å². The van der Waals surface area contributed by atoms with Gasteiger partial charge in [-0.25, -0.2) is 9.48 Å². The predicted octanol–water partition coefficient (Wildman–Crippen LogP) is 2.60. The van der Waals surface area contributed by atoms with Crippen LogP contribution >= 0.6 is 0 Å². The van der Waals surface area contributed by atoms with Crippen LogP contribution in [0.2, 0.25) is 0 Å². The molecular formula is C20H22N6O3. The van der Waals surface area contributed by atoms with E-state index in [1.54, 1.807) is 28.8 Å². The molecule has 0 saturated carbocycles. The molecule has 29 heavy (non-hydrogen) atoms. The Labute approximate surface area is 167 Å². The Morgan fingerprint density at radius 3 is 2.66 bits per heavy atom. The highest BCUT2D eigenvalue weighted by Gasteiger charge is 2.25. The van der Waals surface area contributed by atoms with E-state index in [1.807, 2.05) is 36.5 Å². The summed E-state index contributed by atoms with van der Waals surface area (Å²) in [6.07, 6.45) is 4.88. The van der Waals surface area contributed by atoms with Crippen molar-refractivity contribution in [1.29, 1.82) is 0 Å². The van der Waals surface area contributed by atoms with Gasteiger partial charge in [0, 0.05) is 37.6 Å². The molecule has 2 N–H and O–H groups in total. The number of likely N-dealkylation sites (tertiary alicyclic amines) is 1. The SMILES string of the molecule is Cc1cc(C(=O)NC2CCN(C(=O)Nc3ccccc3-n3cccn3)CC2)no1. The molecule has 4 rings (SSSR count). The molecule has 0 bridgehead atoms. The molecular weight excluding hydrogens is 372 g/mol. The summed E-state index contributed by atoms with van der Waals surface area (Å²) >= 11 is 0. The van der Waals surface area contributed by atoms with Gasteiger partial charge in [0.15, 0.2) is 5.69 Å². The molecule has 0 atom stereocenters. The van der Waals surface area contributed by atoms with E-state index in [-0.39, 0.29) is 23.7 Å². The minimum atomic E-state index is -0.252. The third-order valence-corrected chi connectivity index (χ3v) is 4.87. The predicted molar refractivity (Wildman–Crippen MR) is 106 cm³/mol. The number of aromatic nitrogens is 3. The molecule has 1 aliphatic heterocycles. The Balaban J connectivity index is 1.32. The highest BCUT2D eigenvalue weighted by atomic mass is 16.5. The number of hydrogen-bond donors (Lipinski definition) is 2. The molecule has 3 amide bonds. The number of para-hydroxylation sites is 2. The van der Waals surface area contributed by atoms with Crippen LogP contribution in [0.3, 0.4) is 0 Å². The lowest BCUT2D eigenvalue weighted by molar-refractivity contribution is 0.0910. The number of piperidine rings is 1. The molecule has 3 aromatic rings. The summed E-state index contributed by atoms with van der Waals surface area (Å²) in [7, 11) is 0. The van der Waals surface area contributed by atoms with Crippen LogP contribution in [0, 0.1) is 6.92 Å². The molecule has 3 heterocycles. The van der Waals surface area contributed by atoms with Crippen LogP contribution in [0.4, 0.5) is 10.5 Å². The fourth-order valence-electron chi connectivity index (χ4n) is 3.34. The van der Waals surface area contributed by atoms with Crippen molar-refractivity contribution in [2.45, 2.75) is 25.8 Å². The number of nitrogens with one attached hydrogen (secondary N) is 2. The second-order valence-corrected chi connectivity index (χ2v) is 6.96. The van der Waals surface area contributed by atoms with Crippen molar-refractivity contribution in [2.75, 3.05) is 18.4 Å². The topological polar surface area (TPSA) is 105 Å². The van der Waals surface area contributed by atoms with Crippen LogP contribution in [0.5, 0.6) is 0 Å². The Kier molecular flexibility index (Phi) is 5.28. The number of aryl methyl sites for hydroxylation is 1. The molecule has 9 heteroatoms. The summed E-state index contributed by atoms with van der Waals surface area (Å²) in [4.78, 5) is 26.7. The van der Waals surface area contributed by atoms with Crippen molar-refractivity contribution in [2.24, 2.45) is 0 Å². The minimum absolute atomic E-state index is 0.0000771. The third kappa shape index (κ3) is 4.29. The second-order valence-electron chi connectivity index (χ2n) is 6.96. The van der Waals surface area contributed by atoms with E-state index in [1.165, 1.54) is 0 Å². The maximum Gasteiger partial charge on any atom is 0.321 e. The first-order valence-corrected chi connectivity index (χ1v) is 9.49. The summed E-state index contributed by atoms with van der Waals surface area (Å²) in [5.74, 6) is 0.343. The Morgan fingerprint density at radius 1 is 1.17 bits per heavy atom. The van der Waals surface area contributed by atoms with E-state index in [0.29, 0.717) is 37.4 Å². The molecule has 0 radical (unpaired) electrons. The van der Waals surface area contributed by atoms with E-state index in [4.69, 9.17) is 4.52 Å². The first-order chi connectivity index (χ1) is 14.1. The zero-order chi connectivity index (χ0) is 20.2. The normalized spacial score (nSPS) is 14.6. The Hall–Kier alpha value is -3.62. The quantitative estimate of drug-likeness (QED) is 0.708. The number of anilines is 1. The largest absolute Gasteiger partial charge is 0.361 e. The van der Waals surface area contributed by atoms with E-state index < -0.39 is 0 Å². The van der Waals surface area contributed by atoms with Crippen LogP contribution < -0.4 is 10.6 Å². The molecule has 0 unspecified atom stereocenters. The summed E-state index contributed by atoms with van der Waals surface area (Å²) in [5, 5.41) is 13.9. The van der Waals surface area contributed by atoms with Crippen LogP contribution in [-0.2, 0) is 0 Å². The number of carbonyl (C=O) groups is 2. The molecule has 1 fully saturated rings. The van der Waals surface area contributed by atoms with Crippen molar-refractivity contribution in [3.05, 3.63) is 60.2 Å². The highest BCUT2D eigenvalue weighted by Crippen LogP contribution is 2.20. The van der Waals surface area contributed by atoms with E-state index in [0.717, 1.165) is 5.69 Å². The first-order valence-electron chi connectivity index (χ1n) is 9.49. The first kappa shape index (κ1) is 18.7. The van der Waals surface area contributed by atoms with Crippen molar-refractivity contribution in [1.82, 2.24) is 25.2 Å². The number of benzene rings is 1. The van der Waals surface area contributed by atoms with Crippen LogP contribution in [0.25, 0.3) is 5.69 Å². The Morgan fingerprint density at radius 2 is 1.97 bits per heavy atom. The van der Waals surface area contributed by atoms with Gasteiger partial charge >= 0.3 is 6.03 Å². The molecule has 9 nitrogen and oxygen atoms in total. The molecule has 2 aromatic heterocycles. The van der Waals surface area contributed by atoms with Gasteiger partial charge in [0.05, 0.1) is 11.4 Å².